The van der Waals surface area contributed by atoms with E-state index in [1.165, 1.54) is 15.6 Å². The first-order valence-electron chi connectivity index (χ1n) is 9.45. The van der Waals surface area contributed by atoms with Crippen molar-refractivity contribution in [2.45, 2.75) is 24.8 Å². The number of hydrogen-bond acceptors (Lipinski definition) is 6. The van der Waals surface area contributed by atoms with Gasteiger partial charge in [-0.05, 0) is 36.8 Å². The van der Waals surface area contributed by atoms with Crippen molar-refractivity contribution in [1.82, 2.24) is 9.29 Å². The van der Waals surface area contributed by atoms with Crippen molar-refractivity contribution in [2.75, 3.05) is 18.5 Å². The van der Waals surface area contributed by atoms with Gasteiger partial charge in [-0.15, -0.1) is 11.3 Å². The Morgan fingerprint density at radius 2 is 2.00 bits per heavy atom. The zero-order valence-corrected chi connectivity index (χ0v) is 18.0. The molecule has 2 heterocycles. The first kappa shape index (κ1) is 20.5. The van der Waals surface area contributed by atoms with Crippen LogP contribution in [0.1, 0.15) is 16.1 Å². The fourth-order valence-corrected chi connectivity index (χ4v) is 5.73. The van der Waals surface area contributed by atoms with Crippen LogP contribution in [-0.2, 0) is 27.8 Å². The molecule has 1 aromatic heterocycles. The Morgan fingerprint density at radius 1 is 1.20 bits per heavy atom. The van der Waals surface area contributed by atoms with E-state index >= 15 is 0 Å². The Labute approximate surface area is 179 Å². The summed E-state index contributed by atoms with van der Waals surface area (Å²) in [4.78, 5) is 17.8. The van der Waals surface area contributed by atoms with Crippen LogP contribution in [0, 0.1) is 6.92 Å². The zero-order valence-electron chi connectivity index (χ0n) is 16.4. The van der Waals surface area contributed by atoms with E-state index in [2.05, 4.69) is 10.3 Å². The van der Waals surface area contributed by atoms with Crippen molar-refractivity contribution in [3.8, 4) is 5.75 Å². The Kier molecular flexibility index (Phi) is 5.85. The van der Waals surface area contributed by atoms with Gasteiger partial charge in [-0.3, -0.25) is 10.1 Å². The van der Waals surface area contributed by atoms with Gasteiger partial charge in [0.05, 0.1) is 17.1 Å². The van der Waals surface area contributed by atoms with E-state index in [1.54, 1.807) is 36.4 Å². The molecule has 0 aliphatic carbocycles. The fourth-order valence-electron chi connectivity index (χ4n) is 3.18. The van der Waals surface area contributed by atoms with Gasteiger partial charge in [0, 0.05) is 17.8 Å². The lowest BCUT2D eigenvalue weighted by Crippen LogP contribution is -2.35. The van der Waals surface area contributed by atoms with Gasteiger partial charge in [-0.2, -0.15) is 4.31 Å². The normalized spacial score (nSPS) is 14.2. The highest BCUT2D eigenvalue weighted by Gasteiger charge is 2.30. The second-order valence-electron chi connectivity index (χ2n) is 6.94. The van der Waals surface area contributed by atoms with Gasteiger partial charge in [0.15, 0.2) is 11.7 Å². The highest BCUT2D eigenvalue weighted by Crippen LogP contribution is 2.31. The van der Waals surface area contributed by atoms with Crippen LogP contribution < -0.4 is 10.1 Å². The lowest BCUT2D eigenvalue weighted by Gasteiger charge is -2.25. The molecule has 1 aliphatic heterocycles. The molecule has 0 fully saturated rings. The van der Waals surface area contributed by atoms with Gasteiger partial charge < -0.3 is 4.74 Å². The summed E-state index contributed by atoms with van der Waals surface area (Å²) in [5.74, 6) is 0.321. The molecule has 2 aromatic carbocycles. The number of carbonyl (C=O) groups excluding carboxylic acids is 1. The number of carbonyl (C=O) groups is 1. The standard InChI is InChI=1S/C21H21N3O4S2/c1-15-6-5-7-16(12-15)28-14-20(25)23-21-22-18-10-11-24(13-19(18)29-21)30(26,27)17-8-3-2-4-9-17/h2-9,12H,10-11,13-14H2,1H3,(H,22,23,25). The molecule has 1 aliphatic rings. The maximum atomic E-state index is 12.8. The van der Waals surface area contributed by atoms with Gasteiger partial charge in [0.2, 0.25) is 10.0 Å². The largest absolute Gasteiger partial charge is 0.484 e. The number of aryl methyl sites for hydroxylation is 1. The highest BCUT2D eigenvalue weighted by atomic mass is 32.2. The Balaban J connectivity index is 1.39. The van der Waals surface area contributed by atoms with Crippen molar-refractivity contribution in [3.63, 3.8) is 0 Å². The summed E-state index contributed by atoms with van der Waals surface area (Å²) in [5.41, 5.74) is 1.88. The lowest BCUT2D eigenvalue weighted by molar-refractivity contribution is -0.118. The summed E-state index contributed by atoms with van der Waals surface area (Å²) in [6, 6.07) is 15.9. The monoisotopic (exact) mass is 443 g/mol. The van der Waals surface area contributed by atoms with Crippen molar-refractivity contribution < 1.29 is 17.9 Å². The Hall–Kier alpha value is -2.75. The van der Waals surface area contributed by atoms with Crippen LogP contribution in [0.3, 0.4) is 0 Å². The third kappa shape index (κ3) is 4.53. The summed E-state index contributed by atoms with van der Waals surface area (Å²) in [5, 5.41) is 3.20. The molecule has 0 unspecified atom stereocenters. The first-order valence-corrected chi connectivity index (χ1v) is 11.7. The number of benzene rings is 2. The predicted molar refractivity (Wildman–Crippen MR) is 115 cm³/mol. The SMILES string of the molecule is Cc1cccc(OCC(=O)Nc2nc3c(s2)CN(S(=O)(=O)c2ccccc2)CC3)c1. The minimum atomic E-state index is -3.56. The topological polar surface area (TPSA) is 88.6 Å². The number of thiazole rings is 1. The number of fused-ring (bicyclic) bond motifs is 1. The van der Waals surface area contributed by atoms with Gasteiger partial charge in [0.1, 0.15) is 5.75 Å². The predicted octanol–water partition coefficient (Wildman–Crippen LogP) is 3.22. The van der Waals surface area contributed by atoms with Gasteiger partial charge in [-0.1, -0.05) is 30.3 Å². The van der Waals surface area contributed by atoms with Crippen molar-refractivity contribution in [1.29, 1.82) is 0 Å². The lowest BCUT2D eigenvalue weighted by atomic mass is 10.2. The molecule has 1 N–H and O–H groups in total. The number of sulfonamides is 1. The van der Waals surface area contributed by atoms with Gasteiger partial charge >= 0.3 is 0 Å². The third-order valence-electron chi connectivity index (χ3n) is 4.68. The van der Waals surface area contributed by atoms with Crippen LogP contribution in [0.5, 0.6) is 5.75 Å². The maximum Gasteiger partial charge on any atom is 0.264 e. The summed E-state index contributed by atoms with van der Waals surface area (Å²) in [6.07, 6.45) is 0.507. The van der Waals surface area contributed by atoms with E-state index in [0.717, 1.165) is 16.1 Å². The van der Waals surface area contributed by atoms with Crippen molar-refractivity contribution in [3.05, 3.63) is 70.7 Å². The van der Waals surface area contributed by atoms with E-state index in [0.29, 0.717) is 23.8 Å². The van der Waals surface area contributed by atoms with E-state index in [4.69, 9.17) is 4.74 Å². The highest BCUT2D eigenvalue weighted by molar-refractivity contribution is 7.89. The second-order valence-corrected chi connectivity index (χ2v) is 9.97. The molecule has 4 rings (SSSR count). The van der Waals surface area contributed by atoms with Gasteiger partial charge in [-0.25, -0.2) is 13.4 Å². The molecule has 0 radical (unpaired) electrons. The molecule has 0 saturated carbocycles. The first-order chi connectivity index (χ1) is 14.4. The molecule has 30 heavy (non-hydrogen) atoms. The minimum Gasteiger partial charge on any atom is -0.484 e. The van der Waals surface area contributed by atoms with Crippen LogP contribution in [0.25, 0.3) is 0 Å². The van der Waals surface area contributed by atoms with E-state index in [9.17, 15) is 13.2 Å². The van der Waals surface area contributed by atoms with Crippen molar-refractivity contribution >= 4 is 32.4 Å². The number of hydrogen-bond donors (Lipinski definition) is 1. The Bertz CT molecular complexity index is 1160. The molecule has 0 saturated heterocycles. The molecule has 0 spiro atoms. The molecular weight excluding hydrogens is 422 g/mol. The smallest absolute Gasteiger partial charge is 0.264 e. The summed E-state index contributed by atoms with van der Waals surface area (Å²) >= 11 is 1.30. The van der Waals surface area contributed by atoms with E-state index < -0.39 is 10.0 Å². The quantitative estimate of drug-likeness (QED) is 0.632. The average Bonchev–Trinajstić information content (AvgIpc) is 3.14. The molecule has 1 amide bonds. The molecule has 3 aromatic rings. The molecule has 0 bridgehead atoms. The van der Waals surface area contributed by atoms with Crippen LogP contribution in [0.4, 0.5) is 5.13 Å². The summed E-state index contributed by atoms with van der Waals surface area (Å²) < 4.78 is 32.7. The fraction of sp³-hybridized carbons (Fsp3) is 0.238. The average molecular weight is 444 g/mol. The molecule has 0 atom stereocenters. The van der Waals surface area contributed by atoms with Crippen LogP contribution in [0.15, 0.2) is 59.5 Å². The van der Waals surface area contributed by atoms with Gasteiger partial charge in [0.25, 0.3) is 5.91 Å². The number of aromatic nitrogens is 1. The van der Waals surface area contributed by atoms with Crippen LogP contribution >= 0.6 is 11.3 Å². The van der Waals surface area contributed by atoms with Crippen molar-refractivity contribution in [2.24, 2.45) is 0 Å². The molecule has 9 heteroatoms. The number of rotatable bonds is 6. The molecule has 156 valence electrons. The molecule has 7 nitrogen and oxygen atoms in total. The third-order valence-corrected chi connectivity index (χ3v) is 7.54. The minimum absolute atomic E-state index is 0.123. The maximum absolute atomic E-state index is 12.8. The second kappa shape index (κ2) is 8.55. The number of nitrogens with one attached hydrogen (secondary N) is 1. The number of amides is 1. The number of ether oxygens (including phenoxy) is 1. The molecular formula is C21H21N3O4S2. The Morgan fingerprint density at radius 3 is 2.77 bits per heavy atom. The number of nitrogens with zero attached hydrogens (tertiary/aromatic N) is 2. The van der Waals surface area contributed by atoms with E-state index in [1.807, 2.05) is 25.1 Å². The summed E-state index contributed by atoms with van der Waals surface area (Å²) in [7, 11) is -3.56. The number of anilines is 1. The van der Waals surface area contributed by atoms with E-state index in [-0.39, 0.29) is 24.0 Å². The van der Waals surface area contributed by atoms with Crippen LogP contribution in [0.2, 0.25) is 0 Å². The zero-order chi connectivity index (χ0) is 21.1. The van der Waals surface area contributed by atoms with Crippen LogP contribution in [-0.4, -0.2) is 36.8 Å². The summed E-state index contributed by atoms with van der Waals surface area (Å²) in [6.45, 7) is 2.44.